The zero-order valence-electron chi connectivity index (χ0n) is 12.0. The minimum Gasteiger partial charge on any atom is -0.489 e. The van der Waals surface area contributed by atoms with Gasteiger partial charge in [0.15, 0.2) is 0 Å². The van der Waals surface area contributed by atoms with Crippen molar-refractivity contribution in [3.8, 4) is 5.75 Å². The molecule has 2 amide bonds. The van der Waals surface area contributed by atoms with Crippen LogP contribution in [0.25, 0.3) is 0 Å². The van der Waals surface area contributed by atoms with Gasteiger partial charge in [0, 0.05) is 11.1 Å². The molecule has 21 heavy (non-hydrogen) atoms. The molecule has 1 aliphatic rings. The molecule has 114 valence electrons. The van der Waals surface area contributed by atoms with Crippen molar-refractivity contribution in [3.63, 3.8) is 0 Å². The minimum absolute atomic E-state index is 0.00157. The van der Waals surface area contributed by atoms with Gasteiger partial charge in [-0.3, -0.25) is 4.79 Å². The number of hydrogen-bond donors (Lipinski definition) is 2. The first kappa shape index (κ1) is 15.4. The normalized spacial score (nSPS) is 17.9. The quantitative estimate of drug-likeness (QED) is 0.835. The molecule has 0 aromatic heterocycles. The van der Waals surface area contributed by atoms with Gasteiger partial charge >= 0.3 is 6.09 Å². The maximum atomic E-state index is 12.1. The SMILES string of the molecule is CC(C)(C)OC(=O)N[C@H]1COc2cc(Cl)ccc2NC1=O. The lowest BCUT2D eigenvalue weighted by molar-refractivity contribution is -0.118. The van der Waals surface area contributed by atoms with Gasteiger partial charge in [-0.05, 0) is 32.9 Å². The van der Waals surface area contributed by atoms with Crippen LogP contribution in [0.3, 0.4) is 0 Å². The lowest BCUT2D eigenvalue weighted by atomic mass is 10.2. The van der Waals surface area contributed by atoms with E-state index in [0.29, 0.717) is 16.5 Å². The van der Waals surface area contributed by atoms with Crippen molar-refractivity contribution in [2.45, 2.75) is 32.4 Å². The lowest BCUT2D eigenvalue weighted by Crippen LogP contribution is -2.48. The molecule has 0 saturated heterocycles. The standard InChI is InChI=1S/C14H17ClN2O4/c1-14(2,3)21-13(19)17-10-7-20-11-6-8(15)4-5-9(11)16-12(10)18/h4-6,10H,7H2,1-3H3,(H,16,18)(H,17,19)/t10-/m0/s1. The molecule has 0 aliphatic carbocycles. The van der Waals surface area contributed by atoms with Gasteiger partial charge in [-0.2, -0.15) is 0 Å². The summed E-state index contributed by atoms with van der Waals surface area (Å²) in [7, 11) is 0. The fourth-order valence-corrected chi connectivity index (χ4v) is 1.91. The number of carbonyl (C=O) groups excluding carboxylic acids is 2. The second-order valence-electron chi connectivity index (χ2n) is 5.64. The van der Waals surface area contributed by atoms with Gasteiger partial charge in [0.25, 0.3) is 5.91 Å². The fraction of sp³-hybridized carbons (Fsp3) is 0.429. The Balaban J connectivity index is 2.05. The van der Waals surface area contributed by atoms with Crippen LogP contribution in [0.1, 0.15) is 20.8 Å². The van der Waals surface area contributed by atoms with Gasteiger partial charge in [0.2, 0.25) is 0 Å². The van der Waals surface area contributed by atoms with Crippen molar-refractivity contribution in [2.75, 3.05) is 11.9 Å². The largest absolute Gasteiger partial charge is 0.489 e. The molecule has 6 nitrogen and oxygen atoms in total. The number of alkyl carbamates (subject to hydrolysis) is 1. The summed E-state index contributed by atoms with van der Waals surface area (Å²) in [5.41, 5.74) is -0.124. The summed E-state index contributed by atoms with van der Waals surface area (Å²) >= 11 is 5.88. The van der Waals surface area contributed by atoms with Gasteiger partial charge in [-0.25, -0.2) is 4.79 Å². The average molecular weight is 313 g/mol. The molecule has 1 aliphatic heterocycles. The van der Waals surface area contributed by atoms with Crippen LogP contribution in [0.4, 0.5) is 10.5 Å². The molecule has 2 rings (SSSR count). The fourth-order valence-electron chi connectivity index (χ4n) is 1.74. The number of ether oxygens (including phenoxy) is 2. The van der Waals surface area contributed by atoms with Gasteiger partial charge in [-0.15, -0.1) is 0 Å². The van der Waals surface area contributed by atoms with E-state index in [-0.39, 0.29) is 12.5 Å². The Bertz CT molecular complexity index is 569. The number of anilines is 1. The summed E-state index contributed by atoms with van der Waals surface area (Å²) in [6.45, 7) is 5.23. The van der Waals surface area contributed by atoms with Crippen LogP contribution in [0, 0.1) is 0 Å². The van der Waals surface area contributed by atoms with Crippen LogP contribution >= 0.6 is 11.6 Å². The number of fused-ring (bicyclic) bond motifs is 1. The molecule has 1 aromatic rings. The third-order valence-corrected chi connectivity index (χ3v) is 2.85. The molecule has 7 heteroatoms. The molecule has 0 saturated carbocycles. The summed E-state index contributed by atoms with van der Waals surface area (Å²) in [6, 6.07) is 4.05. The molecular formula is C14H17ClN2O4. The van der Waals surface area contributed by atoms with Crippen LogP contribution in [0.15, 0.2) is 18.2 Å². The third-order valence-electron chi connectivity index (χ3n) is 2.61. The summed E-state index contributed by atoms with van der Waals surface area (Å²) in [6.07, 6.45) is -0.671. The number of amides is 2. The Hall–Kier alpha value is -1.95. The average Bonchev–Trinajstić information content (AvgIpc) is 2.48. The summed E-state index contributed by atoms with van der Waals surface area (Å²) in [5, 5.41) is 5.66. The van der Waals surface area contributed by atoms with Crippen molar-refractivity contribution in [3.05, 3.63) is 23.2 Å². The molecule has 0 unspecified atom stereocenters. The van der Waals surface area contributed by atoms with Gasteiger partial charge in [0.1, 0.15) is 24.0 Å². The second kappa shape index (κ2) is 5.81. The van der Waals surface area contributed by atoms with E-state index < -0.39 is 17.7 Å². The van der Waals surface area contributed by atoms with E-state index in [1.165, 1.54) is 0 Å². The van der Waals surface area contributed by atoms with E-state index in [4.69, 9.17) is 21.1 Å². The monoisotopic (exact) mass is 312 g/mol. The van der Waals surface area contributed by atoms with Crippen molar-refractivity contribution in [1.29, 1.82) is 0 Å². The molecule has 0 radical (unpaired) electrons. The second-order valence-corrected chi connectivity index (χ2v) is 6.08. The summed E-state index contributed by atoms with van der Waals surface area (Å²) in [5.74, 6) is 0.0891. The Morgan fingerprint density at radius 2 is 2.19 bits per heavy atom. The summed E-state index contributed by atoms with van der Waals surface area (Å²) in [4.78, 5) is 23.8. The number of rotatable bonds is 1. The molecule has 0 bridgehead atoms. The van der Waals surface area contributed by atoms with Crippen LogP contribution in [0.5, 0.6) is 5.75 Å². The maximum absolute atomic E-state index is 12.1. The molecule has 1 atom stereocenters. The predicted molar refractivity (Wildman–Crippen MR) is 78.7 cm³/mol. The molecule has 1 heterocycles. The van der Waals surface area contributed by atoms with Crippen molar-refractivity contribution in [2.24, 2.45) is 0 Å². The Labute approximate surface area is 127 Å². The van der Waals surface area contributed by atoms with Gasteiger partial charge < -0.3 is 20.1 Å². The van der Waals surface area contributed by atoms with Gasteiger partial charge in [-0.1, -0.05) is 11.6 Å². The predicted octanol–water partition coefficient (Wildman–Crippen LogP) is 2.56. The smallest absolute Gasteiger partial charge is 0.408 e. The van der Waals surface area contributed by atoms with Crippen LogP contribution in [-0.4, -0.2) is 30.3 Å². The Kier molecular flexibility index (Phi) is 4.27. The zero-order chi connectivity index (χ0) is 15.6. The molecule has 1 aromatic carbocycles. The maximum Gasteiger partial charge on any atom is 0.408 e. The van der Waals surface area contributed by atoms with E-state index in [9.17, 15) is 9.59 Å². The van der Waals surface area contributed by atoms with Crippen LogP contribution in [-0.2, 0) is 9.53 Å². The number of benzene rings is 1. The zero-order valence-corrected chi connectivity index (χ0v) is 12.8. The highest BCUT2D eigenvalue weighted by atomic mass is 35.5. The third kappa shape index (κ3) is 4.26. The van der Waals surface area contributed by atoms with Crippen molar-refractivity contribution >= 4 is 29.3 Å². The molecule has 0 spiro atoms. The van der Waals surface area contributed by atoms with Crippen molar-refractivity contribution in [1.82, 2.24) is 5.32 Å². The molecule has 2 N–H and O–H groups in total. The minimum atomic E-state index is -0.842. The van der Waals surface area contributed by atoms with E-state index in [2.05, 4.69) is 10.6 Å². The first-order valence-electron chi connectivity index (χ1n) is 6.47. The van der Waals surface area contributed by atoms with Crippen molar-refractivity contribution < 1.29 is 19.1 Å². The van der Waals surface area contributed by atoms with Crippen LogP contribution in [0.2, 0.25) is 5.02 Å². The number of nitrogens with one attached hydrogen (secondary N) is 2. The highest BCUT2D eigenvalue weighted by Crippen LogP contribution is 2.30. The first-order chi connectivity index (χ1) is 9.74. The Morgan fingerprint density at radius 1 is 1.48 bits per heavy atom. The van der Waals surface area contributed by atoms with E-state index in [1.54, 1.807) is 39.0 Å². The van der Waals surface area contributed by atoms with E-state index in [1.807, 2.05) is 0 Å². The highest BCUT2D eigenvalue weighted by Gasteiger charge is 2.28. The van der Waals surface area contributed by atoms with E-state index >= 15 is 0 Å². The van der Waals surface area contributed by atoms with Crippen LogP contribution < -0.4 is 15.4 Å². The molecular weight excluding hydrogens is 296 g/mol. The lowest BCUT2D eigenvalue weighted by Gasteiger charge is -2.22. The Morgan fingerprint density at radius 3 is 2.86 bits per heavy atom. The number of hydrogen-bond acceptors (Lipinski definition) is 4. The summed E-state index contributed by atoms with van der Waals surface area (Å²) < 4.78 is 10.6. The first-order valence-corrected chi connectivity index (χ1v) is 6.85. The number of carbonyl (C=O) groups is 2. The van der Waals surface area contributed by atoms with E-state index in [0.717, 1.165) is 0 Å². The topological polar surface area (TPSA) is 76.7 Å². The number of halogens is 1. The highest BCUT2D eigenvalue weighted by molar-refractivity contribution is 6.30. The molecule has 0 fully saturated rings. The van der Waals surface area contributed by atoms with Gasteiger partial charge in [0.05, 0.1) is 5.69 Å².